The Kier molecular flexibility index (Phi) is 8.67. The van der Waals surface area contributed by atoms with E-state index < -0.39 is 0 Å². The maximum atomic E-state index is 9.51. The van der Waals surface area contributed by atoms with Crippen LogP contribution in [-0.2, 0) is 4.74 Å². The molecule has 0 amide bonds. The van der Waals surface area contributed by atoms with Gasteiger partial charge < -0.3 is 15.6 Å². The number of hydrogen-bond acceptors (Lipinski definition) is 4. The Balaban J connectivity index is 3.30. The molecule has 0 bridgehead atoms. The van der Waals surface area contributed by atoms with Gasteiger partial charge in [0.2, 0.25) is 0 Å². The first kappa shape index (κ1) is 14.2. The summed E-state index contributed by atoms with van der Waals surface area (Å²) >= 11 is 1.74. The Labute approximate surface area is 91.4 Å². The van der Waals surface area contributed by atoms with Crippen molar-refractivity contribution in [3.63, 3.8) is 0 Å². The van der Waals surface area contributed by atoms with Crippen molar-refractivity contribution in [1.29, 1.82) is 0 Å². The van der Waals surface area contributed by atoms with Gasteiger partial charge in [-0.1, -0.05) is 6.92 Å². The lowest BCUT2D eigenvalue weighted by molar-refractivity contribution is 0.0152. The lowest BCUT2D eigenvalue weighted by Crippen LogP contribution is -2.22. The third kappa shape index (κ3) is 8.81. The van der Waals surface area contributed by atoms with Crippen LogP contribution in [0.3, 0.4) is 0 Å². The number of aliphatic hydroxyl groups excluding tert-OH is 1. The van der Waals surface area contributed by atoms with E-state index in [0.717, 1.165) is 11.5 Å². The fourth-order valence-electron chi connectivity index (χ4n) is 0.825. The van der Waals surface area contributed by atoms with E-state index >= 15 is 0 Å². The summed E-state index contributed by atoms with van der Waals surface area (Å²) in [6.07, 6.45) is -0.162. The highest BCUT2D eigenvalue weighted by molar-refractivity contribution is 7.99. The molecule has 0 rings (SSSR count). The Bertz CT molecular complexity index is 133. The Morgan fingerprint density at radius 3 is 2.43 bits per heavy atom. The van der Waals surface area contributed by atoms with Gasteiger partial charge in [-0.2, -0.15) is 11.8 Å². The molecule has 0 heterocycles. The predicted molar refractivity (Wildman–Crippen MR) is 62.6 cm³/mol. The number of aliphatic hydroxyl groups is 1. The fourth-order valence-corrected chi connectivity index (χ4v) is 1.87. The van der Waals surface area contributed by atoms with E-state index in [4.69, 9.17) is 10.5 Å². The van der Waals surface area contributed by atoms with Gasteiger partial charge in [-0.05, 0) is 32.1 Å². The van der Waals surface area contributed by atoms with E-state index in [0.29, 0.717) is 19.1 Å². The van der Waals surface area contributed by atoms with Crippen LogP contribution in [0.2, 0.25) is 0 Å². The van der Waals surface area contributed by atoms with Crippen molar-refractivity contribution in [2.45, 2.75) is 33.0 Å². The monoisotopic (exact) mass is 221 g/mol. The zero-order valence-corrected chi connectivity index (χ0v) is 10.2. The van der Waals surface area contributed by atoms with Crippen LogP contribution in [0.1, 0.15) is 20.8 Å². The highest BCUT2D eigenvalue weighted by atomic mass is 32.2. The van der Waals surface area contributed by atoms with Crippen molar-refractivity contribution < 1.29 is 9.84 Å². The van der Waals surface area contributed by atoms with Crippen LogP contribution in [0.4, 0.5) is 0 Å². The molecule has 0 aromatic rings. The van der Waals surface area contributed by atoms with Crippen molar-refractivity contribution in [3.05, 3.63) is 0 Å². The SMILES string of the molecule is CC(CN)CSCC(O)COC(C)C. The van der Waals surface area contributed by atoms with Crippen molar-refractivity contribution in [2.75, 3.05) is 24.7 Å². The van der Waals surface area contributed by atoms with E-state index in [2.05, 4.69) is 6.92 Å². The molecule has 0 aliphatic carbocycles. The molecule has 0 aromatic heterocycles. The van der Waals surface area contributed by atoms with Crippen molar-refractivity contribution >= 4 is 11.8 Å². The summed E-state index contributed by atoms with van der Waals surface area (Å²) in [6.45, 7) is 7.20. The van der Waals surface area contributed by atoms with E-state index in [1.807, 2.05) is 13.8 Å². The summed E-state index contributed by atoms with van der Waals surface area (Å²) in [6, 6.07) is 0. The molecule has 4 heteroatoms. The normalized spacial score (nSPS) is 15.9. The standard InChI is InChI=1S/C10H23NO2S/c1-8(2)13-5-10(12)7-14-6-9(3)4-11/h8-10,12H,4-7,11H2,1-3H3. The minimum atomic E-state index is -0.354. The molecule has 0 spiro atoms. The van der Waals surface area contributed by atoms with Crippen LogP contribution in [0.5, 0.6) is 0 Å². The average molecular weight is 221 g/mol. The molecule has 14 heavy (non-hydrogen) atoms. The minimum Gasteiger partial charge on any atom is -0.390 e. The van der Waals surface area contributed by atoms with Crippen LogP contribution in [-0.4, -0.2) is 42.0 Å². The van der Waals surface area contributed by atoms with Gasteiger partial charge in [0, 0.05) is 5.75 Å². The second-order valence-corrected chi connectivity index (χ2v) is 4.99. The molecule has 0 aliphatic rings. The van der Waals surface area contributed by atoms with E-state index in [9.17, 15) is 5.11 Å². The summed E-state index contributed by atoms with van der Waals surface area (Å²) in [4.78, 5) is 0. The van der Waals surface area contributed by atoms with Crippen LogP contribution in [0.25, 0.3) is 0 Å². The number of ether oxygens (including phenoxy) is 1. The first-order valence-electron chi connectivity index (χ1n) is 5.13. The zero-order valence-electron chi connectivity index (χ0n) is 9.40. The summed E-state index contributed by atoms with van der Waals surface area (Å²) < 4.78 is 5.30. The van der Waals surface area contributed by atoms with Crippen molar-refractivity contribution in [2.24, 2.45) is 11.7 Å². The Hall–Kier alpha value is 0.230. The maximum Gasteiger partial charge on any atom is 0.0863 e. The summed E-state index contributed by atoms with van der Waals surface area (Å²) in [7, 11) is 0. The first-order chi connectivity index (χ1) is 6.56. The van der Waals surface area contributed by atoms with Crippen LogP contribution >= 0.6 is 11.8 Å². The molecule has 0 aromatic carbocycles. The highest BCUT2D eigenvalue weighted by Gasteiger charge is 2.07. The topological polar surface area (TPSA) is 55.5 Å². The molecular formula is C10H23NO2S. The molecule has 2 unspecified atom stereocenters. The van der Waals surface area contributed by atoms with E-state index in [1.54, 1.807) is 11.8 Å². The van der Waals surface area contributed by atoms with E-state index in [1.165, 1.54) is 0 Å². The highest BCUT2D eigenvalue weighted by Crippen LogP contribution is 2.09. The second kappa shape index (κ2) is 8.53. The van der Waals surface area contributed by atoms with Crippen LogP contribution < -0.4 is 5.73 Å². The summed E-state index contributed by atoms with van der Waals surface area (Å²) in [5.41, 5.74) is 5.49. The number of rotatable bonds is 8. The quantitative estimate of drug-likeness (QED) is 0.644. The predicted octanol–water partition coefficient (Wildman–Crippen LogP) is 1.10. The Morgan fingerprint density at radius 1 is 1.29 bits per heavy atom. The number of nitrogens with two attached hydrogens (primary N) is 1. The number of thioether (sulfide) groups is 1. The molecule has 0 fully saturated rings. The largest absolute Gasteiger partial charge is 0.390 e. The smallest absolute Gasteiger partial charge is 0.0863 e. The third-order valence-corrected chi connectivity index (χ3v) is 3.16. The van der Waals surface area contributed by atoms with Gasteiger partial charge in [-0.3, -0.25) is 0 Å². The van der Waals surface area contributed by atoms with E-state index in [-0.39, 0.29) is 12.2 Å². The molecule has 0 radical (unpaired) electrons. The maximum absolute atomic E-state index is 9.51. The first-order valence-corrected chi connectivity index (χ1v) is 6.29. The third-order valence-electron chi connectivity index (χ3n) is 1.74. The van der Waals surface area contributed by atoms with Gasteiger partial charge in [0.05, 0.1) is 18.8 Å². The fraction of sp³-hybridized carbons (Fsp3) is 1.00. The van der Waals surface area contributed by atoms with Crippen molar-refractivity contribution in [1.82, 2.24) is 0 Å². The molecule has 3 N–H and O–H groups in total. The van der Waals surface area contributed by atoms with Gasteiger partial charge in [0.15, 0.2) is 0 Å². The second-order valence-electron chi connectivity index (χ2n) is 3.91. The van der Waals surface area contributed by atoms with Crippen LogP contribution in [0.15, 0.2) is 0 Å². The molecule has 0 saturated heterocycles. The molecule has 86 valence electrons. The van der Waals surface area contributed by atoms with Crippen molar-refractivity contribution in [3.8, 4) is 0 Å². The van der Waals surface area contributed by atoms with Gasteiger partial charge in [0.25, 0.3) is 0 Å². The average Bonchev–Trinajstić information content (AvgIpc) is 2.14. The molecule has 0 aliphatic heterocycles. The number of hydrogen-bond donors (Lipinski definition) is 2. The molecular weight excluding hydrogens is 198 g/mol. The minimum absolute atomic E-state index is 0.192. The Morgan fingerprint density at radius 2 is 1.93 bits per heavy atom. The van der Waals surface area contributed by atoms with Crippen LogP contribution in [0, 0.1) is 5.92 Å². The van der Waals surface area contributed by atoms with Gasteiger partial charge in [-0.25, -0.2) is 0 Å². The summed E-state index contributed by atoms with van der Waals surface area (Å²) in [5, 5.41) is 9.51. The molecule has 0 saturated carbocycles. The van der Waals surface area contributed by atoms with Gasteiger partial charge >= 0.3 is 0 Å². The molecule has 3 nitrogen and oxygen atoms in total. The lowest BCUT2D eigenvalue weighted by Gasteiger charge is -2.14. The summed E-state index contributed by atoms with van der Waals surface area (Å²) in [5.74, 6) is 2.27. The van der Waals surface area contributed by atoms with Gasteiger partial charge in [0.1, 0.15) is 0 Å². The lowest BCUT2D eigenvalue weighted by atomic mass is 10.2. The molecule has 2 atom stereocenters. The van der Waals surface area contributed by atoms with Gasteiger partial charge in [-0.15, -0.1) is 0 Å². The zero-order chi connectivity index (χ0) is 11.0.